The highest BCUT2D eigenvalue weighted by Crippen LogP contribution is 1.89. The number of nitrogens with zero attached hydrogens (tertiary/aromatic N) is 2. The second kappa shape index (κ2) is 5.53. The van der Waals surface area contributed by atoms with Crippen molar-refractivity contribution in [3.05, 3.63) is 0 Å². The fourth-order valence-corrected chi connectivity index (χ4v) is 1.26. The highest BCUT2D eigenvalue weighted by atomic mass is 16.1. The van der Waals surface area contributed by atoms with Crippen molar-refractivity contribution in [1.82, 2.24) is 15.1 Å². The zero-order valence-electron chi connectivity index (χ0n) is 7.61. The van der Waals surface area contributed by atoms with E-state index in [4.69, 9.17) is 0 Å². The molecule has 5 nitrogen and oxygen atoms in total. The van der Waals surface area contributed by atoms with Gasteiger partial charge in [0.2, 0.25) is 12.8 Å². The van der Waals surface area contributed by atoms with Gasteiger partial charge in [0.1, 0.15) is 0 Å². The summed E-state index contributed by atoms with van der Waals surface area (Å²) in [4.78, 5) is 24.4. The monoisotopic (exact) mass is 185 g/mol. The van der Waals surface area contributed by atoms with Crippen LogP contribution >= 0.6 is 0 Å². The summed E-state index contributed by atoms with van der Waals surface area (Å²) >= 11 is 0. The lowest BCUT2D eigenvalue weighted by molar-refractivity contribution is -0.121. The van der Waals surface area contributed by atoms with Crippen LogP contribution in [0.5, 0.6) is 0 Å². The highest BCUT2D eigenvalue weighted by molar-refractivity contribution is 5.48. The molecule has 1 heterocycles. The van der Waals surface area contributed by atoms with Gasteiger partial charge in [0.15, 0.2) is 0 Å². The third-order valence-corrected chi connectivity index (χ3v) is 2.12. The Bertz CT molecular complexity index is 157. The van der Waals surface area contributed by atoms with Crippen LogP contribution in [0.3, 0.4) is 0 Å². The van der Waals surface area contributed by atoms with Gasteiger partial charge in [-0.25, -0.2) is 0 Å². The Hall–Kier alpha value is -1.10. The molecule has 0 spiro atoms. The molecule has 1 aliphatic heterocycles. The molecule has 0 aliphatic carbocycles. The minimum Gasteiger partial charge on any atom is -0.342 e. The van der Waals surface area contributed by atoms with Crippen LogP contribution in [0.2, 0.25) is 0 Å². The summed E-state index contributed by atoms with van der Waals surface area (Å²) in [5.74, 6) is 0. The molecule has 2 amide bonds. The van der Waals surface area contributed by atoms with E-state index in [0.29, 0.717) is 13.1 Å². The first-order valence-electron chi connectivity index (χ1n) is 4.46. The highest BCUT2D eigenvalue weighted by Gasteiger charge is 2.07. The average molecular weight is 185 g/mol. The second-order valence-electron chi connectivity index (χ2n) is 3.03. The van der Waals surface area contributed by atoms with Crippen LogP contribution in [0, 0.1) is 0 Å². The molecule has 5 heteroatoms. The topological polar surface area (TPSA) is 52.7 Å². The van der Waals surface area contributed by atoms with Gasteiger partial charge in [-0.2, -0.15) is 0 Å². The van der Waals surface area contributed by atoms with Crippen LogP contribution < -0.4 is 5.32 Å². The van der Waals surface area contributed by atoms with E-state index < -0.39 is 0 Å². The van der Waals surface area contributed by atoms with E-state index in [1.54, 1.807) is 9.80 Å². The normalized spacial score (nSPS) is 20.0. The van der Waals surface area contributed by atoms with Crippen LogP contribution in [0.1, 0.15) is 0 Å². The Morgan fingerprint density at radius 2 is 1.31 bits per heavy atom. The van der Waals surface area contributed by atoms with Crippen LogP contribution in [0.15, 0.2) is 0 Å². The summed E-state index contributed by atoms with van der Waals surface area (Å²) in [6.07, 6.45) is 1.66. The fourth-order valence-electron chi connectivity index (χ4n) is 1.26. The predicted molar refractivity (Wildman–Crippen MR) is 48.1 cm³/mol. The Kier molecular flexibility index (Phi) is 4.25. The van der Waals surface area contributed by atoms with Crippen LogP contribution in [-0.4, -0.2) is 61.9 Å². The van der Waals surface area contributed by atoms with Crippen molar-refractivity contribution in [3.63, 3.8) is 0 Å². The second-order valence-corrected chi connectivity index (χ2v) is 3.03. The van der Waals surface area contributed by atoms with E-state index >= 15 is 0 Å². The maximum Gasteiger partial charge on any atom is 0.209 e. The lowest BCUT2D eigenvalue weighted by Gasteiger charge is -2.19. The number of nitrogens with one attached hydrogen (secondary N) is 1. The van der Waals surface area contributed by atoms with Gasteiger partial charge < -0.3 is 15.1 Å². The standard InChI is InChI=1S/C8H15N3O2/c12-7-10-3-1-9-2-4-11(8-13)6-5-10/h7-9H,1-6H2. The molecule has 1 rings (SSSR count). The predicted octanol–water partition coefficient (Wildman–Crippen LogP) is -1.49. The molecule has 1 aliphatic rings. The molecule has 74 valence electrons. The van der Waals surface area contributed by atoms with Gasteiger partial charge in [-0.15, -0.1) is 0 Å². The van der Waals surface area contributed by atoms with Crippen LogP contribution in [0.25, 0.3) is 0 Å². The molecule has 0 saturated carbocycles. The number of rotatable bonds is 2. The zero-order valence-corrected chi connectivity index (χ0v) is 7.61. The van der Waals surface area contributed by atoms with E-state index in [1.165, 1.54) is 0 Å². The molecular formula is C8H15N3O2. The molecule has 13 heavy (non-hydrogen) atoms. The minimum absolute atomic E-state index is 0.629. The number of carbonyl (C=O) groups excluding carboxylic acids is 2. The number of hydrogen-bond acceptors (Lipinski definition) is 3. The minimum atomic E-state index is 0.629. The first-order chi connectivity index (χ1) is 6.36. The van der Waals surface area contributed by atoms with E-state index in [-0.39, 0.29) is 0 Å². The lowest BCUT2D eigenvalue weighted by atomic mass is 10.5. The van der Waals surface area contributed by atoms with Crippen molar-refractivity contribution in [2.24, 2.45) is 0 Å². The number of amides is 2. The van der Waals surface area contributed by atoms with Gasteiger partial charge in [0, 0.05) is 39.3 Å². The van der Waals surface area contributed by atoms with Gasteiger partial charge in [0.05, 0.1) is 0 Å². The van der Waals surface area contributed by atoms with Crippen molar-refractivity contribution in [3.8, 4) is 0 Å². The number of carbonyl (C=O) groups is 2. The van der Waals surface area contributed by atoms with Gasteiger partial charge in [-0.3, -0.25) is 9.59 Å². The van der Waals surface area contributed by atoms with Crippen molar-refractivity contribution in [1.29, 1.82) is 0 Å². The third kappa shape index (κ3) is 3.42. The summed E-state index contributed by atoms with van der Waals surface area (Å²) in [6.45, 7) is 4.29. The molecule has 0 aromatic carbocycles. The fraction of sp³-hybridized carbons (Fsp3) is 0.750. The van der Waals surface area contributed by atoms with E-state index in [1.807, 2.05) is 0 Å². The first kappa shape index (κ1) is 9.98. The van der Waals surface area contributed by atoms with Crippen molar-refractivity contribution in [2.45, 2.75) is 0 Å². The molecule has 0 bridgehead atoms. The molecule has 0 atom stereocenters. The smallest absolute Gasteiger partial charge is 0.209 e. The molecule has 0 aromatic rings. The summed E-state index contributed by atoms with van der Waals surface area (Å²) in [7, 11) is 0. The van der Waals surface area contributed by atoms with Gasteiger partial charge in [0.25, 0.3) is 0 Å². The Morgan fingerprint density at radius 3 is 1.69 bits per heavy atom. The SMILES string of the molecule is O=CN1CCNCCN(C=O)CC1. The molecule has 0 radical (unpaired) electrons. The maximum absolute atomic E-state index is 10.5. The van der Waals surface area contributed by atoms with E-state index in [9.17, 15) is 9.59 Å². The molecule has 1 fully saturated rings. The van der Waals surface area contributed by atoms with Crippen molar-refractivity contribution >= 4 is 12.8 Å². The largest absolute Gasteiger partial charge is 0.342 e. The summed E-state index contributed by atoms with van der Waals surface area (Å²) in [6, 6.07) is 0. The Labute approximate surface area is 77.7 Å². The summed E-state index contributed by atoms with van der Waals surface area (Å²) in [5.41, 5.74) is 0. The van der Waals surface area contributed by atoms with Gasteiger partial charge in [-0.05, 0) is 0 Å². The quantitative estimate of drug-likeness (QED) is 0.533. The first-order valence-corrected chi connectivity index (χ1v) is 4.46. The van der Waals surface area contributed by atoms with Crippen molar-refractivity contribution < 1.29 is 9.59 Å². The molecule has 1 N–H and O–H groups in total. The summed E-state index contributed by atoms with van der Waals surface area (Å²) in [5, 5.41) is 3.15. The average Bonchev–Trinajstić information content (AvgIpc) is 2.28. The molecular weight excluding hydrogens is 170 g/mol. The van der Waals surface area contributed by atoms with Gasteiger partial charge in [-0.1, -0.05) is 0 Å². The molecule has 0 unspecified atom stereocenters. The summed E-state index contributed by atoms with van der Waals surface area (Å²) < 4.78 is 0. The van der Waals surface area contributed by atoms with Crippen LogP contribution in [-0.2, 0) is 9.59 Å². The van der Waals surface area contributed by atoms with E-state index in [0.717, 1.165) is 39.0 Å². The van der Waals surface area contributed by atoms with Crippen LogP contribution in [0.4, 0.5) is 0 Å². The molecule has 0 aromatic heterocycles. The van der Waals surface area contributed by atoms with E-state index in [2.05, 4.69) is 5.32 Å². The number of hydrogen-bond donors (Lipinski definition) is 1. The Balaban J connectivity index is 2.41. The zero-order chi connectivity index (χ0) is 9.52. The molecule has 1 saturated heterocycles. The lowest BCUT2D eigenvalue weighted by Crippen LogP contribution is -2.34. The van der Waals surface area contributed by atoms with Crippen molar-refractivity contribution in [2.75, 3.05) is 39.3 Å². The maximum atomic E-state index is 10.5. The Morgan fingerprint density at radius 1 is 0.846 bits per heavy atom. The van der Waals surface area contributed by atoms with Gasteiger partial charge >= 0.3 is 0 Å². The third-order valence-electron chi connectivity index (χ3n) is 2.12.